The molecule has 3 fully saturated rings. The van der Waals surface area contributed by atoms with Crippen molar-refractivity contribution in [1.29, 1.82) is 0 Å². The van der Waals surface area contributed by atoms with Gasteiger partial charge in [-0.15, -0.1) is 0 Å². The lowest BCUT2D eigenvalue weighted by Gasteiger charge is -2.45. The largest absolute Gasteiger partial charge is 0.207 e. The highest BCUT2D eigenvalue weighted by atomic mass is 19.1. The highest BCUT2D eigenvalue weighted by Crippen LogP contribution is 2.51. The van der Waals surface area contributed by atoms with Crippen molar-refractivity contribution in [2.75, 3.05) is 0 Å². The molecule has 0 bridgehead atoms. The van der Waals surface area contributed by atoms with Crippen molar-refractivity contribution in [1.82, 2.24) is 0 Å². The average Bonchev–Trinajstić information content (AvgIpc) is 2.85. The first kappa shape index (κ1) is 25.2. The van der Waals surface area contributed by atoms with Crippen LogP contribution in [0.3, 0.4) is 0 Å². The SMILES string of the molecule is CCCCCCC1CCC(C2CCC3CC(c4ccc(CCCC)c(F)c4)CCC3C2)CC1. The molecule has 3 aliphatic rings. The second-order valence-corrected chi connectivity index (χ2v) is 12.2. The molecule has 0 N–H and O–H groups in total. The van der Waals surface area contributed by atoms with Crippen LogP contribution in [0.4, 0.5) is 4.39 Å². The number of benzene rings is 1. The molecule has 0 aromatic heterocycles. The Morgan fingerprint density at radius 3 is 2.09 bits per heavy atom. The van der Waals surface area contributed by atoms with Crippen LogP contribution in [0.1, 0.15) is 140 Å². The molecule has 1 aromatic rings. The summed E-state index contributed by atoms with van der Waals surface area (Å²) in [7, 11) is 0. The Bertz CT molecular complexity index is 700. The average molecular weight is 455 g/mol. The van der Waals surface area contributed by atoms with Crippen LogP contribution in [0.25, 0.3) is 0 Å². The number of aryl methyl sites for hydroxylation is 1. The summed E-state index contributed by atoms with van der Waals surface area (Å²) in [5, 5.41) is 0. The fourth-order valence-electron chi connectivity index (χ4n) is 7.85. The Morgan fingerprint density at radius 1 is 0.697 bits per heavy atom. The van der Waals surface area contributed by atoms with Gasteiger partial charge in [-0.05, 0) is 117 Å². The van der Waals surface area contributed by atoms with Crippen LogP contribution in [0.5, 0.6) is 0 Å². The van der Waals surface area contributed by atoms with Crippen LogP contribution in [0.2, 0.25) is 0 Å². The molecule has 0 spiro atoms. The lowest BCUT2D eigenvalue weighted by molar-refractivity contribution is 0.0710. The molecule has 3 saturated carbocycles. The summed E-state index contributed by atoms with van der Waals surface area (Å²) < 4.78 is 14.6. The maximum absolute atomic E-state index is 14.6. The van der Waals surface area contributed by atoms with Gasteiger partial charge in [0.1, 0.15) is 5.82 Å². The first-order valence-corrected chi connectivity index (χ1v) is 15.0. The molecule has 0 amide bonds. The van der Waals surface area contributed by atoms with Crippen LogP contribution in [-0.4, -0.2) is 0 Å². The van der Waals surface area contributed by atoms with Crippen molar-refractivity contribution in [3.8, 4) is 0 Å². The van der Waals surface area contributed by atoms with Crippen molar-refractivity contribution >= 4 is 0 Å². The molecule has 1 heteroatoms. The fourth-order valence-corrected chi connectivity index (χ4v) is 7.85. The number of fused-ring (bicyclic) bond motifs is 1. The third-order valence-corrected chi connectivity index (χ3v) is 10.0. The number of unbranched alkanes of at least 4 members (excludes halogenated alkanes) is 4. The zero-order valence-corrected chi connectivity index (χ0v) is 21.8. The van der Waals surface area contributed by atoms with Gasteiger partial charge in [0.15, 0.2) is 0 Å². The van der Waals surface area contributed by atoms with E-state index >= 15 is 0 Å². The lowest BCUT2D eigenvalue weighted by Crippen LogP contribution is -2.34. The van der Waals surface area contributed by atoms with E-state index in [9.17, 15) is 4.39 Å². The first-order chi connectivity index (χ1) is 16.2. The summed E-state index contributed by atoms with van der Waals surface area (Å²) in [5.41, 5.74) is 2.20. The molecule has 3 aliphatic carbocycles. The standard InChI is InChI=1S/C32H51F/c1-3-5-7-8-9-24-11-13-25(14-12-24)27-17-18-29-22-30(20-19-28(29)21-27)31-16-15-26(10-6-4-2)32(33)23-31/h15-16,23-25,27-30H,3-14,17-22H2,1-2H3. The van der Waals surface area contributed by atoms with E-state index in [1.807, 2.05) is 6.07 Å². The molecule has 33 heavy (non-hydrogen) atoms. The molecule has 0 aliphatic heterocycles. The van der Waals surface area contributed by atoms with Gasteiger partial charge in [0.2, 0.25) is 0 Å². The zero-order chi connectivity index (χ0) is 23.0. The third kappa shape index (κ3) is 6.85. The van der Waals surface area contributed by atoms with E-state index in [-0.39, 0.29) is 5.82 Å². The van der Waals surface area contributed by atoms with Crippen molar-refractivity contribution in [3.63, 3.8) is 0 Å². The van der Waals surface area contributed by atoms with Gasteiger partial charge in [-0.25, -0.2) is 4.39 Å². The predicted octanol–water partition coefficient (Wildman–Crippen LogP) is 10.2. The van der Waals surface area contributed by atoms with Crippen molar-refractivity contribution in [3.05, 3.63) is 35.1 Å². The highest BCUT2D eigenvalue weighted by molar-refractivity contribution is 5.28. The van der Waals surface area contributed by atoms with Gasteiger partial charge in [0.05, 0.1) is 0 Å². The van der Waals surface area contributed by atoms with Crippen molar-refractivity contribution < 1.29 is 4.39 Å². The molecule has 0 heterocycles. The minimum atomic E-state index is 0.0488. The van der Waals surface area contributed by atoms with E-state index in [2.05, 4.69) is 26.0 Å². The Morgan fingerprint density at radius 2 is 1.36 bits per heavy atom. The van der Waals surface area contributed by atoms with E-state index in [1.165, 1.54) is 102 Å². The maximum Gasteiger partial charge on any atom is 0.126 e. The molecule has 0 radical (unpaired) electrons. The van der Waals surface area contributed by atoms with Gasteiger partial charge in [-0.2, -0.15) is 0 Å². The van der Waals surface area contributed by atoms with Gasteiger partial charge in [-0.3, -0.25) is 0 Å². The molecule has 0 saturated heterocycles. The van der Waals surface area contributed by atoms with Gasteiger partial charge in [0, 0.05) is 0 Å². The number of hydrogen-bond donors (Lipinski definition) is 0. The summed E-state index contributed by atoms with van der Waals surface area (Å²) in [6.07, 6.45) is 24.8. The molecule has 1 aromatic carbocycles. The van der Waals surface area contributed by atoms with Gasteiger partial charge >= 0.3 is 0 Å². The molecular formula is C32H51F. The Hall–Kier alpha value is -0.850. The Labute approximate surface area is 204 Å². The second kappa shape index (κ2) is 12.7. The summed E-state index contributed by atoms with van der Waals surface area (Å²) in [6.45, 7) is 4.50. The van der Waals surface area contributed by atoms with E-state index in [0.29, 0.717) is 5.92 Å². The van der Waals surface area contributed by atoms with Gasteiger partial charge < -0.3 is 0 Å². The van der Waals surface area contributed by atoms with E-state index in [1.54, 1.807) is 0 Å². The number of hydrogen-bond acceptors (Lipinski definition) is 0. The van der Waals surface area contributed by atoms with Crippen LogP contribution in [-0.2, 0) is 6.42 Å². The van der Waals surface area contributed by atoms with Crippen LogP contribution in [0, 0.1) is 35.4 Å². The first-order valence-electron chi connectivity index (χ1n) is 15.0. The zero-order valence-electron chi connectivity index (χ0n) is 21.8. The smallest absolute Gasteiger partial charge is 0.126 e. The van der Waals surface area contributed by atoms with Crippen LogP contribution in [0.15, 0.2) is 18.2 Å². The molecule has 4 unspecified atom stereocenters. The third-order valence-electron chi connectivity index (χ3n) is 10.0. The molecule has 0 nitrogen and oxygen atoms in total. The number of rotatable bonds is 10. The topological polar surface area (TPSA) is 0 Å². The summed E-state index contributed by atoms with van der Waals surface area (Å²) >= 11 is 0. The van der Waals surface area contributed by atoms with Crippen molar-refractivity contribution in [2.24, 2.45) is 29.6 Å². The summed E-state index contributed by atoms with van der Waals surface area (Å²) in [4.78, 5) is 0. The molecular weight excluding hydrogens is 403 g/mol. The van der Waals surface area contributed by atoms with E-state index in [4.69, 9.17) is 0 Å². The predicted molar refractivity (Wildman–Crippen MR) is 140 cm³/mol. The van der Waals surface area contributed by atoms with Crippen LogP contribution >= 0.6 is 0 Å². The van der Waals surface area contributed by atoms with Crippen molar-refractivity contribution in [2.45, 2.75) is 135 Å². The summed E-state index contributed by atoms with van der Waals surface area (Å²) in [6, 6.07) is 6.23. The lowest BCUT2D eigenvalue weighted by atomic mass is 9.60. The van der Waals surface area contributed by atoms with E-state index < -0.39 is 0 Å². The minimum Gasteiger partial charge on any atom is -0.207 e. The minimum absolute atomic E-state index is 0.0488. The quantitative estimate of drug-likeness (QED) is 0.308. The van der Waals surface area contributed by atoms with Gasteiger partial charge in [-0.1, -0.05) is 77.3 Å². The van der Waals surface area contributed by atoms with Crippen LogP contribution < -0.4 is 0 Å². The highest BCUT2D eigenvalue weighted by Gasteiger charge is 2.39. The number of halogens is 1. The van der Waals surface area contributed by atoms with E-state index in [0.717, 1.165) is 54.4 Å². The summed E-state index contributed by atoms with van der Waals surface area (Å²) in [5.74, 6) is 5.59. The maximum atomic E-state index is 14.6. The Kier molecular flexibility index (Phi) is 9.75. The molecule has 186 valence electrons. The Balaban J connectivity index is 1.22. The van der Waals surface area contributed by atoms with Gasteiger partial charge in [0.25, 0.3) is 0 Å². The molecule has 4 atom stereocenters. The fraction of sp³-hybridized carbons (Fsp3) is 0.812. The monoisotopic (exact) mass is 454 g/mol. The second-order valence-electron chi connectivity index (χ2n) is 12.2. The normalized spacial score (nSPS) is 32.5. The molecule has 4 rings (SSSR count).